The highest BCUT2D eigenvalue weighted by molar-refractivity contribution is 5.88. The zero-order valence-corrected chi connectivity index (χ0v) is 25.9. The van der Waals surface area contributed by atoms with Gasteiger partial charge in [0, 0.05) is 17.6 Å². The van der Waals surface area contributed by atoms with Crippen molar-refractivity contribution >= 4 is 18.0 Å². The van der Waals surface area contributed by atoms with Gasteiger partial charge in [0.25, 0.3) is 0 Å². The van der Waals surface area contributed by atoms with Gasteiger partial charge in [-0.2, -0.15) is 0 Å². The first kappa shape index (κ1) is 31.6. The molecule has 0 radical (unpaired) electrons. The minimum atomic E-state index is -1.89. The molecule has 3 fully saturated rings. The standard InChI is InChI=1S/C35H46O8/c1-6-22(2)30(38)42-23(3)33(39)18-19-35(41)32(33,5)28(43-29(37)13-12-24-10-8-7-9-11-24)21-27-31(4)16-15-26(36)20-25(31)14-17-34(27,35)40/h6-14,23,26-28,36,39-41H,15-21H2,1-5H3/t23-,26-,27-,28-,31-,32+,33-,34-,35-/m0/s1. The van der Waals surface area contributed by atoms with Crippen LogP contribution in [-0.2, 0) is 19.1 Å². The molecule has 3 saturated carbocycles. The summed E-state index contributed by atoms with van der Waals surface area (Å²) < 4.78 is 11.9. The van der Waals surface area contributed by atoms with Gasteiger partial charge in [-0.25, -0.2) is 9.59 Å². The summed E-state index contributed by atoms with van der Waals surface area (Å²) in [6, 6.07) is 9.32. The van der Waals surface area contributed by atoms with Crippen LogP contribution >= 0.6 is 0 Å². The van der Waals surface area contributed by atoms with Gasteiger partial charge in [0.15, 0.2) is 0 Å². The summed E-state index contributed by atoms with van der Waals surface area (Å²) in [5, 5.41) is 48.4. The van der Waals surface area contributed by atoms with E-state index >= 15 is 0 Å². The van der Waals surface area contributed by atoms with Crippen LogP contribution in [-0.4, -0.2) is 67.5 Å². The van der Waals surface area contributed by atoms with Crippen LogP contribution in [0.2, 0.25) is 0 Å². The lowest BCUT2D eigenvalue weighted by Crippen LogP contribution is -2.78. The minimum absolute atomic E-state index is 0.0211. The van der Waals surface area contributed by atoms with Crippen molar-refractivity contribution in [3.05, 3.63) is 65.3 Å². The zero-order chi connectivity index (χ0) is 31.4. The molecular weight excluding hydrogens is 548 g/mol. The van der Waals surface area contributed by atoms with E-state index in [0.29, 0.717) is 24.8 Å². The lowest BCUT2D eigenvalue weighted by atomic mass is 9.42. The number of rotatable bonds is 6. The largest absolute Gasteiger partial charge is 0.458 e. The van der Waals surface area contributed by atoms with Crippen molar-refractivity contribution in [1.29, 1.82) is 0 Å². The summed E-state index contributed by atoms with van der Waals surface area (Å²) in [5.74, 6) is -1.73. The van der Waals surface area contributed by atoms with Gasteiger partial charge in [-0.05, 0) is 82.8 Å². The van der Waals surface area contributed by atoms with Crippen molar-refractivity contribution in [3.63, 3.8) is 0 Å². The molecule has 0 aromatic heterocycles. The molecule has 0 spiro atoms. The predicted molar refractivity (Wildman–Crippen MR) is 161 cm³/mol. The number of aliphatic hydroxyl groups is 4. The van der Waals surface area contributed by atoms with Gasteiger partial charge >= 0.3 is 11.9 Å². The van der Waals surface area contributed by atoms with Crippen LogP contribution < -0.4 is 0 Å². The molecule has 0 unspecified atom stereocenters. The van der Waals surface area contributed by atoms with Gasteiger partial charge in [0.05, 0.1) is 11.5 Å². The fourth-order valence-electron chi connectivity index (χ4n) is 8.87. The number of carbonyl (C=O) groups excluding carboxylic acids is 2. The number of hydrogen-bond acceptors (Lipinski definition) is 8. The van der Waals surface area contributed by atoms with Gasteiger partial charge in [-0.15, -0.1) is 0 Å². The first-order valence-electron chi connectivity index (χ1n) is 15.5. The summed E-state index contributed by atoms with van der Waals surface area (Å²) in [4.78, 5) is 26.2. The van der Waals surface area contributed by atoms with E-state index in [9.17, 15) is 30.0 Å². The van der Waals surface area contributed by atoms with Crippen LogP contribution in [0.1, 0.15) is 85.1 Å². The number of hydrogen-bond donors (Lipinski definition) is 4. The molecule has 234 valence electrons. The van der Waals surface area contributed by atoms with E-state index in [2.05, 4.69) is 6.92 Å². The van der Waals surface area contributed by atoms with Crippen LogP contribution in [0.25, 0.3) is 6.08 Å². The molecule has 8 heteroatoms. The molecule has 43 heavy (non-hydrogen) atoms. The number of allylic oxidation sites excluding steroid dienone is 1. The Morgan fingerprint density at radius 2 is 1.77 bits per heavy atom. The third kappa shape index (κ3) is 4.64. The SMILES string of the molecule is CC=C(C)C(=O)O[C@@H](C)[C@@]1(O)CC[C@]2(O)[C@]1(C)[C@@H](OC(=O)C=Cc1ccccc1)C[C@H]1[C@@]3(C)CC[C@H](O)CC3=CC[C@]12O. The Morgan fingerprint density at radius 1 is 1.07 bits per heavy atom. The lowest BCUT2D eigenvalue weighted by molar-refractivity contribution is -0.326. The van der Waals surface area contributed by atoms with Crippen molar-refractivity contribution in [3.8, 4) is 0 Å². The van der Waals surface area contributed by atoms with Crippen LogP contribution in [0.5, 0.6) is 0 Å². The van der Waals surface area contributed by atoms with Gasteiger partial charge in [-0.1, -0.05) is 61.9 Å². The van der Waals surface area contributed by atoms with E-state index in [1.165, 1.54) is 6.08 Å². The average Bonchev–Trinajstić information content (AvgIpc) is 3.22. The maximum atomic E-state index is 13.4. The summed E-state index contributed by atoms with van der Waals surface area (Å²) in [6.45, 7) is 8.65. The highest BCUT2D eigenvalue weighted by Gasteiger charge is 2.81. The van der Waals surface area contributed by atoms with E-state index in [-0.39, 0.29) is 25.7 Å². The van der Waals surface area contributed by atoms with E-state index in [4.69, 9.17) is 9.47 Å². The summed E-state index contributed by atoms with van der Waals surface area (Å²) in [6.07, 6.45) is 6.00. The summed E-state index contributed by atoms with van der Waals surface area (Å²) in [5.41, 5.74) is -5.28. The number of fused-ring (bicyclic) bond motifs is 5. The molecule has 0 bridgehead atoms. The first-order valence-corrected chi connectivity index (χ1v) is 15.5. The molecule has 0 heterocycles. The molecule has 1 aromatic carbocycles. The second-order valence-electron chi connectivity index (χ2n) is 13.6. The molecule has 0 amide bonds. The Hall–Kier alpha value is -2.78. The van der Waals surface area contributed by atoms with Crippen LogP contribution in [0, 0.1) is 16.7 Å². The molecular formula is C35H46O8. The van der Waals surface area contributed by atoms with Crippen molar-refractivity contribution in [2.75, 3.05) is 0 Å². The zero-order valence-electron chi connectivity index (χ0n) is 25.9. The predicted octanol–water partition coefficient (Wildman–Crippen LogP) is 4.40. The molecule has 9 atom stereocenters. The monoisotopic (exact) mass is 594 g/mol. The molecule has 4 N–H and O–H groups in total. The topological polar surface area (TPSA) is 134 Å². The molecule has 1 aromatic rings. The Balaban J connectivity index is 1.58. The van der Waals surface area contributed by atoms with Crippen LogP contribution in [0.15, 0.2) is 59.7 Å². The Morgan fingerprint density at radius 3 is 2.44 bits per heavy atom. The minimum Gasteiger partial charge on any atom is -0.458 e. The molecule has 0 saturated heterocycles. The van der Waals surface area contributed by atoms with Gasteiger partial charge in [0.2, 0.25) is 0 Å². The Bertz CT molecular complexity index is 1350. The number of carbonyl (C=O) groups is 2. The molecule has 5 rings (SSSR count). The van der Waals surface area contributed by atoms with Crippen molar-refractivity contribution < 1.29 is 39.5 Å². The summed E-state index contributed by atoms with van der Waals surface area (Å²) in [7, 11) is 0. The quantitative estimate of drug-likeness (QED) is 0.216. The second-order valence-corrected chi connectivity index (χ2v) is 13.6. The molecule has 8 nitrogen and oxygen atoms in total. The third-order valence-electron chi connectivity index (χ3n) is 11.8. The normalized spacial score (nSPS) is 41.5. The lowest BCUT2D eigenvalue weighted by Gasteiger charge is -2.67. The fraction of sp³-hybridized carbons (Fsp3) is 0.600. The highest BCUT2D eigenvalue weighted by atomic mass is 16.6. The third-order valence-corrected chi connectivity index (χ3v) is 11.8. The van der Waals surface area contributed by atoms with Gasteiger partial charge in [-0.3, -0.25) is 0 Å². The van der Waals surface area contributed by atoms with Crippen molar-refractivity contribution in [2.24, 2.45) is 16.7 Å². The van der Waals surface area contributed by atoms with E-state index in [1.54, 1.807) is 39.8 Å². The molecule has 4 aliphatic carbocycles. The maximum absolute atomic E-state index is 13.4. The average molecular weight is 595 g/mol. The number of ether oxygens (including phenoxy) is 2. The van der Waals surface area contributed by atoms with Crippen LogP contribution in [0.3, 0.4) is 0 Å². The summed E-state index contributed by atoms with van der Waals surface area (Å²) >= 11 is 0. The molecule has 4 aliphatic rings. The van der Waals surface area contributed by atoms with E-state index < -0.39 is 63.8 Å². The van der Waals surface area contributed by atoms with Crippen LogP contribution in [0.4, 0.5) is 0 Å². The first-order chi connectivity index (χ1) is 20.2. The fourth-order valence-corrected chi connectivity index (χ4v) is 8.87. The van der Waals surface area contributed by atoms with E-state index in [1.807, 2.05) is 36.4 Å². The van der Waals surface area contributed by atoms with Crippen molar-refractivity contribution in [1.82, 2.24) is 0 Å². The second kappa shape index (κ2) is 11.0. The van der Waals surface area contributed by atoms with Gasteiger partial charge < -0.3 is 29.9 Å². The van der Waals surface area contributed by atoms with Crippen molar-refractivity contribution in [2.45, 2.75) is 115 Å². The smallest absolute Gasteiger partial charge is 0.333 e. The maximum Gasteiger partial charge on any atom is 0.333 e. The molecule has 0 aliphatic heterocycles. The van der Waals surface area contributed by atoms with Gasteiger partial charge in [0.1, 0.15) is 29.0 Å². The van der Waals surface area contributed by atoms with E-state index in [0.717, 1.165) is 11.1 Å². The number of esters is 2. The Kier molecular flexibility index (Phi) is 8.08. The number of benzene rings is 1. The Labute approximate surface area is 254 Å². The highest BCUT2D eigenvalue weighted by Crippen LogP contribution is 2.71. The number of aliphatic hydroxyl groups excluding tert-OH is 1.